The second kappa shape index (κ2) is 3.32. The van der Waals surface area contributed by atoms with Crippen molar-refractivity contribution in [3.8, 4) is 0 Å². The molecule has 0 bridgehead atoms. The van der Waals surface area contributed by atoms with E-state index in [9.17, 15) is 0 Å². The summed E-state index contributed by atoms with van der Waals surface area (Å²) in [6.07, 6.45) is 3.48. The Bertz CT molecular complexity index is 428. The lowest BCUT2D eigenvalue weighted by Gasteiger charge is -2.03. The summed E-state index contributed by atoms with van der Waals surface area (Å²) < 4.78 is 0. The molecular weight excluding hydrogens is 186 g/mol. The summed E-state index contributed by atoms with van der Waals surface area (Å²) in [4.78, 5) is 3.99. The minimum atomic E-state index is -0.940. The summed E-state index contributed by atoms with van der Waals surface area (Å²) in [7, 11) is 0. The van der Waals surface area contributed by atoms with Crippen molar-refractivity contribution in [1.29, 1.82) is 0 Å². The van der Waals surface area contributed by atoms with E-state index in [4.69, 9.17) is 16.7 Å². The highest BCUT2D eigenvalue weighted by Crippen LogP contribution is 2.21. The lowest BCUT2D eigenvalue weighted by atomic mass is 10.1. The van der Waals surface area contributed by atoms with Gasteiger partial charge in [0.05, 0.1) is 0 Å². The average Bonchev–Trinajstić information content (AvgIpc) is 2.17. The Morgan fingerprint density at radius 3 is 2.85 bits per heavy atom. The van der Waals surface area contributed by atoms with Gasteiger partial charge in [-0.1, -0.05) is 23.7 Å². The Kier molecular flexibility index (Phi) is 2.17. The van der Waals surface area contributed by atoms with Gasteiger partial charge in [0.2, 0.25) is 0 Å². The van der Waals surface area contributed by atoms with Crippen molar-refractivity contribution in [3.05, 3.63) is 42.2 Å². The molecule has 1 heterocycles. The van der Waals surface area contributed by atoms with Crippen LogP contribution in [0.4, 0.5) is 0 Å². The molecule has 2 nitrogen and oxygen atoms in total. The van der Waals surface area contributed by atoms with Crippen LogP contribution >= 0.6 is 11.6 Å². The van der Waals surface area contributed by atoms with Crippen LogP contribution in [0.3, 0.4) is 0 Å². The summed E-state index contributed by atoms with van der Waals surface area (Å²) in [5, 5.41) is 11.2. The Labute approximate surface area is 80.8 Å². The minimum Gasteiger partial charge on any atom is -0.373 e. The maximum absolute atomic E-state index is 9.13. The van der Waals surface area contributed by atoms with Crippen LogP contribution in [-0.2, 0) is 0 Å². The van der Waals surface area contributed by atoms with E-state index in [1.807, 2.05) is 18.2 Å². The molecule has 1 unspecified atom stereocenters. The van der Waals surface area contributed by atoms with Crippen LogP contribution in [0, 0.1) is 0 Å². The van der Waals surface area contributed by atoms with Crippen LogP contribution in [0.2, 0.25) is 0 Å². The lowest BCUT2D eigenvalue weighted by molar-refractivity contribution is 0.263. The van der Waals surface area contributed by atoms with Gasteiger partial charge in [-0.2, -0.15) is 0 Å². The fourth-order valence-corrected chi connectivity index (χ4v) is 1.39. The van der Waals surface area contributed by atoms with Crippen molar-refractivity contribution in [2.75, 3.05) is 0 Å². The van der Waals surface area contributed by atoms with E-state index < -0.39 is 5.56 Å². The van der Waals surface area contributed by atoms with Crippen LogP contribution in [-0.4, -0.2) is 10.1 Å². The van der Waals surface area contributed by atoms with E-state index >= 15 is 0 Å². The van der Waals surface area contributed by atoms with E-state index in [1.54, 1.807) is 18.5 Å². The molecule has 0 spiro atoms. The van der Waals surface area contributed by atoms with E-state index in [0.717, 1.165) is 10.8 Å². The fraction of sp³-hybridized carbons (Fsp3) is 0.100. The Morgan fingerprint density at radius 1 is 1.23 bits per heavy atom. The number of benzene rings is 1. The van der Waals surface area contributed by atoms with Gasteiger partial charge in [-0.05, 0) is 23.1 Å². The minimum absolute atomic E-state index is 0.696. The van der Waals surface area contributed by atoms with Crippen molar-refractivity contribution in [1.82, 2.24) is 4.98 Å². The highest BCUT2D eigenvalue weighted by Gasteiger charge is 2.02. The van der Waals surface area contributed by atoms with Gasteiger partial charge >= 0.3 is 0 Å². The largest absolute Gasteiger partial charge is 0.373 e. The summed E-state index contributed by atoms with van der Waals surface area (Å²) in [6.45, 7) is 0. The van der Waals surface area contributed by atoms with Gasteiger partial charge in [0.1, 0.15) is 0 Å². The molecule has 13 heavy (non-hydrogen) atoms. The second-order valence-corrected chi connectivity index (χ2v) is 3.23. The summed E-state index contributed by atoms with van der Waals surface area (Å²) in [5.41, 5.74) is -0.244. The van der Waals surface area contributed by atoms with E-state index in [1.165, 1.54) is 0 Å². The number of aliphatic hydroxyl groups excluding tert-OH is 1. The number of hydrogen-bond acceptors (Lipinski definition) is 2. The van der Waals surface area contributed by atoms with E-state index in [2.05, 4.69) is 4.98 Å². The summed E-state index contributed by atoms with van der Waals surface area (Å²) >= 11 is 5.54. The number of aliphatic hydroxyl groups is 1. The molecule has 1 aromatic heterocycles. The molecule has 66 valence electrons. The topological polar surface area (TPSA) is 33.1 Å². The van der Waals surface area contributed by atoms with Crippen LogP contribution in [0.15, 0.2) is 36.7 Å². The molecule has 0 saturated carbocycles. The van der Waals surface area contributed by atoms with Crippen molar-refractivity contribution < 1.29 is 5.11 Å². The maximum Gasteiger partial charge on any atom is 0.153 e. The molecule has 0 aliphatic rings. The number of nitrogens with zero attached hydrogens (tertiary/aromatic N) is 1. The van der Waals surface area contributed by atoms with Gasteiger partial charge in [-0.15, -0.1) is 0 Å². The van der Waals surface area contributed by atoms with Crippen LogP contribution < -0.4 is 0 Å². The molecule has 1 aromatic carbocycles. The standard InChI is InChI=1S/C10H8ClNO/c11-10(13)8-2-1-7-3-4-12-6-9(7)5-8/h1-6,10,13H. The van der Waals surface area contributed by atoms with Gasteiger partial charge in [-0.3, -0.25) is 4.98 Å². The average molecular weight is 194 g/mol. The van der Waals surface area contributed by atoms with Crippen LogP contribution in [0.5, 0.6) is 0 Å². The first-order valence-corrected chi connectivity index (χ1v) is 4.37. The highest BCUT2D eigenvalue weighted by atomic mass is 35.5. The first-order chi connectivity index (χ1) is 6.27. The third-order valence-electron chi connectivity index (χ3n) is 1.94. The Balaban J connectivity index is 2.62. The number of alkyl halides is 1. The molecule has 2 aromatic rings. The van der Waals surface area contributed by atoms with Crippen LogP contribution in [0.1, 0.15) is 11.1 Å². The normalized spacial score (nSPS) is 13.1. The van der Waals surface area contributed by atoms with Gasteiger partial charge in [0, 0.05) is 17.8 Å². The second-order valence-electron chi connectivity index (χ2n) is 2.82. The number of rotatable bonds is 1. The Hall–Kier alpha value is -1.12. The van der Waals surface area contributed by atoms with Crippen molar-refractivity contribution in [2.45, 2.75) is 5.56 Å². The molecule has 1 N–H and O–H groups in total. The monoisotopic (exact) mass is 193 g/mol. The zero-order chi connectivity index (χ0) is 9.26. The SMILES string of the molecule is OC(Cl)c1ccc2ccncc2c1. The smallest absolute Gasteiger partial charge is 0.153 e. The lowest BCUT2D eigenvalue weighted by Crippen LogP contribution is -1.87. The zero-order valence-electron chi connectivity index (χ0n) is 6.81. The molecule has 0 aliphatic carbocycles. The molecule has 0 saturated heterocycles. The zero-order valence-corrected chi connectivity index (χ0v) is 7.57. The summed E-state index contributed by atoms with van der Waals surface area (Å²) in [5.74, 6) is 0. The number of pyridine rings is 1. The van der Waals surface area contributed by atoms with E-state index in [-0.39, 0.29) is 0 Å². The number of fused-ring (bicyclic) bond motifs is 1. The van der Waals surface area contributed by atoms with Crippen molar-refractivity contribution >= 4 is 22.4 Å². The quantitative estimate of drug-likeness (QED) is 0.706. The van der Waals surface area contributed by atoms with Gasteiger partial charge in [0.25, 0.3) is 0 Å². The molecule has 0 radical (unpaired) electrons. The first kappa shape index (κ1) is 8.48. The molecule has 1 atom stereocenters. The third-order valence-corrected chi connectivity index (χ3v) is 2.19. The predicted octanol–water partition coefficient (Wildman–Crippen LogP) is 2.46. The van der Waals surface area contributed by atoms with Gasteiger partial charge < -0.3 is 5.11 Å². The van der Waals surface area contributed by atoms with Gasteiger partial charge in [0.15, 0.2) is 5.56 Å². The molecule has 0 fully saturated rings. The van der Waals surface area contributed by atoms with Crippen molar-refractivity contribution in [3.63, 3.8) is 0 Å². The number of aromatic nitrogens is 1. The molecule has 2 rings (SSSR count). The fourth-order valence-electron chi connectivity index (χ4n) is 1.25. The number of halogens is 1. The third kappa shape index (κ3) is 1.64. The first-order valence-electron chi connectivity index (χ1n) is 3.93. The van der Waals surface area contributed by atoms with Crippen LogP contribution in [0.25, 0.3) is 10.8 Å². The van der Waals surface area contributed by atoms with Crippen molar-refractivity contribution in [2.24, 2.45) is 0 Å². The molecular formula is C10H8ClNO. The Morgan fingerprint density at radius 2 is 2.08 bits per heavy atom. The van der Waals surface area contributed by atoms with Gasteiger partial charge in [-0.25, -0.2) is 0 Å². The maximum atomic E-state index is 9.13. The number of hydrogen-bond donors (Lipinski definition) is 1. The van der Waals surface area contributed by atoms with E-state index in [0.29, 0.717) is 5.56 Å². The molecule has 3 heteroatoms. The molecule has 0 amide bonds. The predicted molar refractivity (Wildman–Crippen MR) is 52.6 cm³/mol. The summed E-state index contributed by atoms with van der Waals surface area (Å²) in [6, 6.07) is 7.47. The molecule has 0 aliphatic heterocycles. The highest BCUT2D eigenvalue weighted by molar-refractivity contribution is 6.19.